The van der Waals surface area contributed by atoms with Crippen LogP contribution >= 0.6 is 0 Å². The molecule has 122 valence electrons. The molecule has 0 aliphatic rings. The third kappa shape index (κ3) is 5.39. The van der Waals surface area contributed by atoms with Gasteiger partial charge in [-0.25, -0.2) is 8.42 Å². The molecule has 0 aliphatic heterocycles. The number of anilines is 3. The largest absolute Gasteiger partial charge is 0.355 e. The van der Waals surface area contributed by atoms with E-state index in [0.29, 0.717) is 5.69 Å². The van der Waals surface area contributed by atoms with Crippen molar-refractivity contribution in [1.82, 2.24) is 4.31 Å². The van der Waals surface area contributed by atoms with Crippen molar-refractivity contribution in [3.63, 3.8) is 0 Å². The number of rotatable bonds is 6. The van der Waals surface area contributed by atoms with E-state index in [-0.39, 0.29) is 6.54 Å². The summed E-state index contributed by atoms with van der Waals surface area (Å²) in [6, 6.07) is 16.9. The molecule has 0 spiro atoms. The highest BCUT2D eigenvalue weighted by Gasteiger charge is 2.15. The van der Waals surface area contributed by atoms with Gasteiger partial charge >= 0.3 is 0 Å². The maximum Gasteiger partial charge on any atom is 0.239 e. The average molecular weight is 333 g/mol. The van der Waals surface area contributed by atoms with Gasteiger partial charge in [-0.2, -0.15) is 4.31 Å². The van der Waals surface area contributed by atoms with Gasteiger partial charge < -0.3 is 10.6 Å². The van der Waals surface area contributed by atoms with Gasteiger partial charge in [0.25, 0.3) is 0 Å². The average Bonchev–Trinajstić information content (AvgIpc) is 2.47. The number of hydrogen-bond acceptors (Lipinski definition) is 4. The quantitative estimate of drug-likeness (QED) is 0.850. The summed E-state index contributed by atoms with van der Waals surface area (Å²) in [5.74, 6) is -0.394. The molecular formula is C16H19N3O3S. The monoisotopic (exact) mass is 333 g/mol. The molecule has 0 aromatic heterocycles. The second-order valence-electron chi connectivity index (χ2n) is 5.14. The number of para-hydroxylation sites is 1. The highest BCUT2D eigenvalue weighted by Crippen LogP contribution is 2.19. The maximum atomic E-state index is 11.9. The lowest BCUT2D eigenvalue weighted by molar-refractivity contribution is -0.116. The van der Waals surface area contributed by atoms with E-state index in [1.807, 2.05) is 36.4 Å². The number of benzene rings is 2. The SMILES string of the molecule is CN(CC(=O)Nc1cccc(Nc2ccccc2)c1)S(C)(=O)=O. The molecule has 0 saturated carbocycles. The Morgan fingerprint density at radius 2 is 1.61 bits per heavy atom. The first-order valence-electron chi connectivity index (χ1n) is 6.98. The predicted molar refractivity (Wildman–Crippen MR) is 92.3 cm³/mol. The van der Waals surface area contributed by atoms with Crippen molar-refractivity contribution in [2.24, 2.45) is 0 Å². The van der Waals surface area contributed by atoms with Crippen LogP contribution in [0.25, 0.3) is 0 Å². The van der Waals surface area contributed by atoms with Gasteiger partial charge in [0.2, 0.25) is 15.9 Å². The van der Waals surface area contributed by atoms with Crippen LogP contribution in [0.15, 0.2) is 54.6 Å². The number of nitrogens with one attached hydrogen (secondary N) is 2. The minimum absolute atomic E-state index is 0.227. The van der Waals surface area contributed by atoms with Gasteiger partial charge in [0.05, 0.1) is 12.8 Å². The smallest absolute Gasteiger partial charge is 0.239 e. The van der Waals surface area contributed by atoms with E-state index in [0.717, 1.165) is 21.9 Å². The fraction of sp³-hybridized carbons (Fsp3) is 0.188. The molecule has 0 unspecified atom stereocenters. The zero-order valence-electron chi connectivity index (χ0n) is 13.0. The molecule has 23 heavy (non-hydrogen) atoms. The first kappa shape index (κ1) is 17.0. The number of carbonyl (C=O) groups excluding carboxylic acids is 1. The van der Waals surface area contributed by atoms with E-state index >= 15 is 0 Å². The van der Waals surface area contributed by atoms with Crippen LogP contribution in [-0.2, 0) is 14.8 Å². The van der Waals surface area contributed by atoms with Gasteiger partial charge in [0.1, 0.15) is 0 Å². The highest BCUT2D eigenvalue weighted by molar-refractivity contribution is 7.88. The number of sulfonamides is 1. The maximum absolute atomic E-state index is 11.9. The molecule has 0 bridgehead atoms. The molecule has 0 aliphatic carbocycles. The molecule has 0 atom stereocenters. The number of hydrogen-bond donors (Lipinski definition) is 2. The Morgan fingerprint density at radius 1 is 1.00 bits per heavy atom. The molecule has 2 N–H and O–H groups in total. The molecule has 6 nitrogen and oxygen atoms in total. The van der Waals surface area contributed by atoms with E-state index in [2.05, 4.69) is 10.6 Å². The van der Waals surface area contributed by atoms with Crippen molar-refractivity contribution in [3.05, 3.63) is 54.6 Å². The lowest BCUT2D eigenvalue weighted by Crippen LogP contribution is -2.34. The predicted octanol–water partition coefficient (Wildman–Crippen LogP) is 2.26. The molecule has 1 amide bonds. The Labute approximate surface area is 136 Å². The third-order valence-electron chi connectivity index (χ3n) is 3.14. The van der Waals surface area contributed by atoms with E-state index in [1.165, 1.54) is 7.05 Å². The summed E-state index contributed by atoms with van der Waals surface area (Å²) in [4.78, 5) is 11.9. The first-order valence-corrected chi connectivity index (χ1v) is 8.83. The molecule has 2 rings (SSSR count). The Hall–Kier alpha value is -2.38. The van der Waals surface area contributed by atoms with Crippen LogP contribution in [0.3, 0.4) is 0 Å². The van der Waals surface area contributed by atoms with Gasteiger partial charge in [-0.1, -0.05) is 24.3 Å². The van der Waals surface area contributed by atoms with Gasteiger partial charge in [-0.05, 0) is 30.3 Å². The van der Waals surface area contributed by atoms with Gasteiger partial charge in [-0.15, -0.1) is 0 Å². The Kier molecular flexibility index (Phi) is 5.36. The van der Waals surface area contributed by atoms with E-state index in [9.17, 15) is 13.2 Å². The molecule has 0 heterocycles. The fourth-order valence-electron chi connectivity index (χ4n) is 1.88. The highest BCUT2D eigenvalue weighted by atomic mass is 32.2. The van der Waals surface area contributed by atoms with Gasteiger partial charge in [-0.3, -0.25) is 4.79 Å². The van der Waals surface area contributed by atoms with E-state index < -0.39 is 15.9 Å². The molecule has 0 saturated heterocycles. The number of carbonyl (C=O) groups is 1. The van der Waals surface area contributed by atoms with Crippen molar-refractivity contribution >= 4 is 33.0 Å². The first-order chi connectivity index (χ1) is 10.8. The molecule has 2 aromatic rings. The van der Waals surface area contributed by atoms with Crippen LogP contribution in [0.2, 0.25) is 0 Å². The van der Waals surface area contributed by atoms with Crippen LogP contribution in [-0.4, -0.2) is 38.5 Å². The van der Waals surface area contributed by atoms with Crippen LogP contribution in [0, 0.1) is 0 Å². The molecule has 2 aromatic carbocycles. The third-order valence-corrected chi connectivity index (χ3v) is 4.40. The van der Waals surface area contributed by atoms with Crippen LogP contribution in [0.5, 0.6) is 0 Å². The topological polar surface area (TPSA) is 78.5 Å². The second-order valence-corrected chi connectivity index (χ2v) is 7.23. The number of nitrogens with zero attached hydrogens (tertiary/aromatic N) is 1. The molecule has 7 heteroatoms. The summed E-state index contributed by atoms with van der Waals surface area (Å²) >= 11 is 0. The Bertz CT molecular complexity index is 776. The van der Waals surface area contributed by atoms with E-state index in [4.69, 9.17) is 0 Å². The number of likely N-dealkylation sites (N-methyl/N-ethyl adjacent to an activating group) is 1. The van der Waals surface area contributed by atoms with Crippen molar-refractivity contribution in [3.8, 4) is 0 Å². The zero-order chi connectivity index (χ0) is 16.9. The van der Waals surface area contributed by atoms with Crippen molar-refractivity contribution in [2.75, 3.05) is 30.5 Å². The van der Waals surface area contributed by atoms with Crippen LogP contribution in [0.1, 0.15) is 0 Å². The zero-order valence-corrected chi connectivity index (χ0v) is 13.8. The summed E-state index contributed by atoms with van der Waals surface area (Å²) in [5, 5.41) is 5.91. The minimum atomic E-state index is -3.38. The van der Waals surface area contributed by atoms with Crippen molar-refractivity contribution in [1.29, 1.82) is 0 Å². The van der Waals surface area contributed by atoms with Crippen molar-refractivity contribution in [2.45, 2.75) is 0 Å². The molecule has 0 radical (unpaired) electrons. The van der Waals surface area contributed by atoms with E-state index in [1.54, 1.807) is 18.2 Å². The Balaban J connectivity index is 2.01. The van der Waals surface area contributed by atoms with Crippen LogP contribution in [0.4, 0.5) is 17.1 Å². The number of amides is 1. The summed E-state index contributed by atoms with van der Waals surface area (Å²) < 4.78 is 23.6. The second kappa shape index (κ2) is 7.26. The standard InChI is InChI=1S/C16H19N3O3S/c1-19(23(2,21)22)12-16(20)18-15-10-6-9-14(11-15)17-13-7-4-3-5-8-13/h3-11,17H,12H2,1-2H3,(H,18,20). The molecular weight excluding hydrogens is 314 g/mol. The lowest BCUT2D eigenvalue weighted by Gasteiger charge is -2.14. The summed E-state index contributed by atoms with van der Waals surface area (Å²) in [6.07, 6.45) is 1.06. The lowest BCUT2D eigenvalue weighted by atomic mass is 10.2. The van der Waals surface area contributed by atoms with Crippen LogP contribution < -0.4 is 10.6 Å². The van der Waals surface area contributed by atoms with Gasteiger partial charge in [0, 0.05) is 24.1 Å². The minimum Gasteiger partial charge on any atom is -0.355 e. The summed E-state index contributed by atoms with van der Waals surface area (Å²) in [7, 11) is -2.02. The van der Waals surface area contributed by atoms with Crippen molar-refractivity contribution < 1.29 is 13.2 Å². The normalized spacial score (nSPS) is 11.3. The fourth-order valence-corrected chi connectivity index (χ4v) is 2.23. The van der Waals surface area contributed by atoms with Gasteiger partial charge in [0.15, 0.2) is 0 Å². The molecule has 0 fully saturated rings. The Morgan fingerprint density at radius 3 is 2.26 bits per heavy atom. The summed E-state index contributed by atoms with van der Waals surface area (Å²) in [6.45, 7) is -0.227. The summed E-state index contributed by atoms with van der Waals surface area (Å²) in [5.41, 5.74) is 2.36.